The normalized spacial score (nSPS) is 15.1. The molecule has 3 aromatic rings. The lowest BCUT2D eigenvalue weighted by Gasteiger charge is -2.29. The van der Waals surface area contributed by atoms with Gasteiger partial charge in [0.05, 0.1) is 23.0 Å². The number of methoxy groups -OCH3 is 1. The van der Waals surface area contributed by atoms with Gasteiger partial charge in [-0.3, -0.25) is 4.57 Å². The standard InChI is InChI=1S/C20H22ClN7O3S/c1-12(18-22-10-14(21)11-23-18)13(2)32(29,30)27-20-26-25-19(28(20)15-6-4-7-15)16-8-5-9-17(24-16)31-3/h5,8-12,15H,2,4,6-7H2,1,3H3,(H,26,27)/t12-/m0/s1. The molecule has 1 saturated carbocycles. The molecule has 10 nitrogen and oxygen atoms in total. The highest BCUT2D eigenvalue weighted by molar-refractivity contribution is 7.96. The van der Waals surface area contributed by atoms with Gasteiger partial charge in [0.1, 0.15) is 11.5 Å². The summed E-state index contributed by atoms with van der Waals surface area (Å²) in [6.45, 7) is 5.43. The van der Waals surface area contributed by atoms with Gasteiger partial charge < -0.3 is 4.74 Å². The van der Waals surface area contributed by atoms with Gasteiger partial charge in [-0.05, 0) is 25.3 Å². The Bertz CT molecular complexity index is 1240. The third-order valence-corrected chi connectivity index (χ3v) is 7.07. The first-order valence-corrected chi connectivity index (χ1v) is 11.8. The highest BCUT2D eigenvalue weighted by Gasteiger charge is 2.31. The van der Waals surface area contributed by atoms with E-state index in [0.717, 1.165) is 19.3 Å². The van der Waals surface area contributed by atoms with Crippen molar-refractivity contribution in [2.75, 3.05) is 11.8 Å². The fourth-order valence-electron chi connectivity index (χ4n) is 3.29. The Morgan fingerprint density at radius 1 is 1.28 bits per heavy atom. The quantitative estimate of drug-likeness (QED) is 0.524. The van der Waals surface area contributed by atoms with Crippen molar-refractivity contribution in [2.45, 2.75) is 38.1 Å². The van der Waals surface area contributed by atoms with Crippen LogP contribution in [0.25, 0.3) is 11.5 Å². The molecule has 12 heteroatoms. The van der Waals surface area contributed by atoms with E-state index in [1.165, 1.54) is 19.5 Å². The summed E-state index contributed by atoms with van der Waals surface area (Å²) in [6, 6.07) is 5.36. The Balaban J connectivity index is 1.65. The Kier molecular flexibility index (Phi) is 6.11. The second-order valence-corrected chi connectivity index (χ2v) is 9.59. The molecule has 0 aliphatic heterocycles. The molecule has 0 bridgehead atoms. The maximum atomic E-state index is 13.1. The second kappa shape index (κ2) is 8.83. The topological polar surface area (TPSA) is 125 Å². The SMILES string of the molecule is C=C([C@H](C)c1ncc(Cl)cn1)S(=O)(=O)Nc1nnc(-c2cccc(OC)n2)n1C1CCC1. The van der Waals surface area contributed by atoms with Gasteiger partial charge in [-0.15, -0.1) is 10.2 Å². The molecule has 1 aliphatic carbocycles. The largest absolute Gasteiger partial charge is 0.481 e. The van der Waals surface area contributed by atoms with Crippen LogP contribution in [0.1, 0.15) is 44.0 Å². The third kappa shape index (κ3) is 4.30. The Labute approximate surface area is 190 Å². The lowest BCUT2D eigenvalue weighted by Crippen LogP contribution is -2.25. The van der Waals surface area contributed by atoms with Crippen LogP contribution in [0.4, 0.5) is 5.95 Å². The van der Waals surface area contributed by atoms with Crippen LogP contribution >= 0.6 is 11.6 Å². The van der Waals surface area contributed by atoms with Crippen LogP contribution in [-0.4, -0.2) is 45.2 Å². The Morgan fingerprint density at radius 2 is 2.00 bits per heavy atom. The number of ether oxygens (including phenoxy) is 1. The smallest absolute Gasteiger partial charge is 0.260 e. The minimum atomic E-state index is -4.02. The monoisotopic (exact) mass is 475 g/mol. The highest BCUT2D eigenvalue weighted by atomic mass is 35.5. The number of pyridine rings is 1. The fourth-order valence-corrected chi connectivity index (χ4v) is 4.47. The molecule has 32 heavy (non-hydrogen) atoms. The number of nitrogens with zero attached hydrogens (tertiary/aromatic N) is 6. The van der Waals surface area contributed by atoms with E-state index >= 15 is 0 Å². The number of nitrogens with one attached hydrogen (secondary N) is 1. The molecule has 1 aliphatic rings. The van der Waals surface area contributed by atoms with E-state index in [1.54, 1.807) is 29.7 Å². The summed E-state index contributed by atoms with van der Waals surface area (Å²) in [7, 11) is -2.49. The molecular formula is C20H22ClN7O3S. The Morgan fingerprint density at radius 3 is 2.62 bits per heavy atom. The van der Waals surface area contributed by atoms with E-state index < -0.39 is 15.9 Å². The molecule has 0 saturated heterocycles. The minimum absolute atomic E-state index is 0.0657. The molecule has 1 N–H and O–H groups in total. The number of allylic oxidation sites excluding steroid dienone is 1. The van der Waals surface area contributed by atoms with E-state index in [1.807, 2.05) is 0 Å². The number of anilines is 1. The average molecular weight is 476 g/mol. The minimum Gasteiger partial charge on any atom is -0.481 e. The van der Waals surface area contributed by atoms with Crippen molar-refractivity contribution in [3.63, 3.8) is 0 Å². The molecule has 0 aromatic carbocycles. The van der Waals surface area contributed by atoms with Crippen molar-refractivity contribution in [3.05, 3.63) is 52.9 Å². The second-order valence-electron chi connectivity index (χ2n) is 7.42. The van der Waals surface area contributed by atoms with Gasteiger partial charge in [0.2, 0.25) is 11.8 Å². The molecule has 0 amide bonds. The maximum absolute atomic E-state index is 13.1. The first-order valence-electron chi connectivity index (χ1n) is 9.95. The lowest BCUT2D eigenvalue weighted by molar-refractivity contribution is 0.318. The van der Waals surface area contributed by atoms with Crippen LogP contribution in [0, 0.1) is 0 Å². The van der Waals surface area contributed by atoms with Gasteiger partial charge >= 0.3 is 0 Å². The zero-order chi connectivity index (χ0) is 22.9. The molecule has 0 unspecified atom stereocenters. The first-order chi connectivity index (χ1) is 15.3. The van der Waals surface area contributed by atoms with E-state index in [-0.39, 0.29) is 16.9 Å². The first kappa shape index (κ1) is 22.2. The molecule has 168 valence electrons. The van der Waals surface area contributed by atoms with Gasteiger partial charge in [0, 0.05) is 24.5 Å². The predicted molar refractivity (Wildman–Crippen MR) is 120 cm³/mol. The van der Waals surface area contributed by atoms with Crippen molar-refractivity contribution in [1.29, 1.82) is 0 Å². The average Bonchev–Trinajstić information content (AvgIpc) is 3.14. The number of halogens is 1. The van der Waals surface area contributed by atoms with Gasteiger partial charge in [0.25, 0.3) is 10.0 Å². The van der Waals surface area contributed by atoms with E-state index in [2.05, 4.69) is 36.5 Å². The number of hydrogen-bond donors (Lipinski definition) is 1. The number of hydrogen-bond acceptors (Lipinski definition) is 8. The van der Waals surface area contributed by atoms with Crippen molar-refractivity contribution in [3.8, 4) is 17.4 Å². The zero-order valence-electron chi connectivity index (χ0n) is 17.6. The van der Waals surface area contributed by atoms with Crippen LogP contribution in [0.3, 0.4) is 0 Å². The molecule has 4 rings (SSSR count). The van der Waals surface area contributed by atoms with Gasteiger partial charge in [0.15, 0.2) is 5.82 Å². The third-order valence-electron chi connectivity index (χ3n) is 5.38. The fraction of sp³-hybridized carbons (Fsp3) is 0.350. The van der Waals surface area contributed by atoms with E-state index in [9.17, 15) is 8.42 Å². The molecular weight excluding hydrogens is 454 g/mol. The van der Waals surface area contributed by atoms with E-state index in [4.69, 9.17) is 16.3 Å². The van der Waals surface area contributed by atoms with Crippen molar-refractivity contribution in [1.82, 2.24) is 29.7 Å². The maximum Gasteiger partial charge on any atom is 0.260 e. The van der Waals surface area contributed by atoms with Crippen LogP contribution in [0.5, 0.6) is 5.88 Å². The van der Waals surface area contributed by atoms with Crippen LogP contribution in [0.2, 0.25) is 5.02 Å². The molecule has 0 spiro atoms. The highest BCUT2D eigenvalue weighted by Crippen LogP contribution is 2.38. The summed E-state index contributed by atoms with van der Waals surface area (Å²) >= 11 is 5.82. The van der Waals surface area contributed by atoms with E-state index in [0.29, 0.717) is 28.2 Å². The lowest BCUT2D eigenvalue weighted by atomic mass is 9.93. The predicted octanol–water partition coefficient (Wildman–Crippen LogP) is 3.58. The number of aromatic nitrogens is 6. The summed E-state index contributed by atoms with van der Waals surface area (Å²) in [5.74, 6) is 0.638. The van der Waals surface area contributed by atoms with Crippen LogP contribution in [-0.2, 0) is 10.0 Å². The summed E-state index contributed by atoms with van der Waals surface area (Å²) in [5.41, 5.74) is 0.538. The summed E-state index contributed by atoms with van der Waals surface area (Å²) in [4.78, 5) is 12.5. The molecule has 3 aromatic heterocycles. The summed E-state index contributed by atoms with van der Waals surface area (Å²) in [5, 5.41) is 8.70. The Hall–Kier alpha value is -3.05. The van der Waals surface area contributed by atoms with Crippen molar-refractivity contribution in [2.24, 2.45) is 0 Å². The zero-order valence-corrected chi connectivity index (χ0v) is 19.1. The summed E-state index contributed by atoms with van der Waals surface area (Å²) in [6.07, 6.45) is 5.64. The van der Waals surface area contributed by atoms with Gasteiger partial charge in [-0.1, -0.05) is 31.2 Å². The molecule has 1 fully saturated rings. The molecule has 0 radical (unpaired) electrons. The number of sulfonamides is 1. The van der Waals surface area contributed by atoms with Crippen LogP contribution < -0.4 is 9.46 Å². The molecule has 1 atom stereocenters. The van der Waals surface area contributed by atoms with Crippen molar-refractivity contribution >= 4 is 27.6 Å². The number of rotatable bonds is 8. The molecule has 3 heterocycles. The summed E-state index contributed by atoms with van der Waals surface area (Å²) < 4.78 is 35.7. The van der Waals surface area contributed by atoms with Gasteiger partial charge in [-0.25, -0.2) is 28.1 Å². The van der Waals surface area contributed by atoms with Crippen LogP contribution in [0.15, 0.2) is 42.1 Å². The van der Waals surface area contributed by atoms with Crippen molar-refractivity contribution < 1.29 is 13.2 Å². The van der Waals surface area contributed by atoms with Gasteiger partial charge in [-0.2, -0.15) is 0 Å².